The molecule has 2 rings (SSSR count). The van der Waals surface area contributed by atoms with Gasteiger partial charge < -0.3 is 14.2 Å². The van der Waals surface area contributed by atoms with Gasteiger partial charge in [0.1, 0.15) is 6.61 Å². The molecule has 0 fully saturated rings. The van der Waals surface area contributed by atoms with Crippen LogP contribution in [0.15, 0.2) is 40.9 Å². The first-order valence-corrected chi connectivity index (χ1v) is 7.56. The number of hydrogen-bond acceptors (Lipinski definition) is 4. The number of carbonyl (C=O) groups is 1. The molecule has 0 amide bonds. The predicted octanol–water partition coefficient (Wildman–Crippen LogP) is 4.48. The van der Waals surface area contributed by atoms with E-state index in [2.05, 4.69) is 15.9 Å². The van der Waals surface area contributed by atoms with Crippen LogP contribution in [0.5, 0.6) is 11.5 Å². The van der Waals surface area contributed by atoms with E-state index in [0.717, 1.165) is 4.47 Å². The zero-order chi connectivity index (χ0) is 16.1. The highest BCUT2D eigenvalue weighted by atomic mass is 79.9. The van der Waals surface area contributed by atoms with Crippen molar-refractivity contribution in [1.82, 2.24) is 0 Å². The van der Waals surface area contributed by atoms with Gasteiger partial charge in [0.05, 0.1) is 24.8 Å². The van der Waals surface area contributed by atoms with Crippen LogP contribution in [-0.4, -0.2) is 20.2 Å². The lowest BCUT2D eigenvalue weighted by atomic mass is 10.2. The average Bonchev–Trinajstić information content (AvgIpc) is 2.54. The summed E-state index contributed by atoms with van der Waals surface area (Å²) < 4.78 is 16.6. The van der Waals surface area contributed by atoms with Crippen molar-refractivity contribution in [2.24, 2.45) is 0 Å². The SMILES string of the molecule is COc1cccc(COC(=O)c2cc(Br)ccc2Cl)c1OC. The van der Waals surface area contributed by atoms with Crippen molar-refractivity contribution in [3.05, 3.63) is 57.0 Å². The first kappa shape index (κ1) is 16.6. The highest BCUT2D eigenvalue weighted by Crippen LogP contribution is 2.31. The zero-order valence-electron chi connectivity index (χ0n) is 12.1. The molecule has 0 aliphatic carbocycles. The van der Waals surface area contributed by atoms with Crippen molar-refractivity contribution in [2.45, 2.75) is 6.61 Å². The van der Waals surface area contributed by atoms with Crippen molar-refractivity contribution in [2.75, 3.05) is 14.2 Å². The van der Waals surface area contributed by atoms with Gasteiger partial charge in [-0.05, 0) is 24.3 Å². The summed E-state index contributed by atoms with van der Waals surface area (Å²) in [6.07, 6.45) is 0. The third kappa shape index (κ3) is 3.72. The molecule has 0 unspecified atom stereocenters. The summed E-state index contributed by atoms with van der Waals surface area (Å²) in [5.41, 5.74) is 1.01. The first-order valence-electron chi connectivity index (χ1n) is 6.39. The minimum absolute atomic E-state index is 0.0576. The van der Waals surface area contributed by atoms with Crippen LogP contribution in [0.3, 0.4) is 0 Å². The van der Waals surface area contributed by atoms with E-state index < -0.39 is 5.97 Å². The monoisotopic (exact) mass is 384 g/mol. The number of halogens is 2. The van der Waals surface area contributed by atoms with Crippen LogP contribution < -0.4 is 9.47 Å². The molecule has 0 spiro atoms. The van der Waals surface area contributed by atoms with Gasteiger partial charge >= 0.3 is 5.97 Å². The predicted molar refractivity (Wildman–Crippen MR) is 87.8 cm³/mol. The molecule has 0 saturated heterocycles. The number of esters is 1. The molecule has 0 heterocycles. The molecule has 0 bridgehead atoms. The van der Waals surface area contributed by atoms with Crippen LogP contribution in [0.1, 0.15) is 15.9 Å². The van der Waals surface area contributed by atoms with E-state index >= 15 is 0 Å². The molecular formula is C16H14BrClO4. The van der Waals surface area contributed by atoms with Crippen molar-refractivity contribution >= 4 is 33.5 Å². The number of benzene rings is 2. The van der Waals surface area contributed by atoms with Crippen LogP contribution >= 0.6 is 27.5 Å². The summed E-state index contributed by atoms with van der Waals surface area (Å²) in [6, 6.07) is 10.4. The molecule has 6 heteroatoms. The number of methoxy groups -OCH3 is 2. The number of ether oxygens (including phenoxy) is 3. The van der Waals surface area contributed by atoms with E-state index in [1.807, 2.05) is 0 Å². The minimum atomic E-state index is -0.504. The standard InChI is InChI=1S/C16H14BrClO4/c1-20-14-5-3-4-10(15(14)21-2)9-22-16(19)12-8-11(17)6-7-13(12)18/h3-8H,9H2,1-2H3. The van der Waals surface area contributed by atoms with Gasteiger partial charge in [0, 0.05) is 10.0 Å². The molecular weight excluding hydrogens is 372 g/mol. The number of para-hydroxylation sites is 1. The molecule has 0 aromatic heterocycles. The van der Waals surface area contributed by atoms with Crippen molar-refractivity contribution in [3.8, 4) is 11.5 Å². The minimum Gasteiger partial charge on any atom is -0.493 e. The maximum atomic E-state index is 12.1. The van der Waals surface area contributed by atoms with Crippen molar-refractivity contribution in [1.29, 1.82) is 0 Å². The van der Waals surface area contributed by atoms with Crippen LogP contribution in [0.2, 0.25) is 5.02 Å². The van der Waals surface area contributed by atoms with Gasteiger partial charge in [-0.2, -0.15) is 0 Å². The van der Waals surface area contributed by atoms with Crippen molar-refractivity contribution < 1.29 is 19.0 Å². The first-order chi connectivity index (χ1) is 10.6. The fraction of sp³-hybridized carbons (Fsp3) is 0.188. The number of hydrogen-bond donors (Lipinski definition) is 0. The molecule has 116 valence electrons. The molecule has 4 nitrogen and oxygen atoms in total. The number of rotatable bonds is 5. The Hall–Kier alpha value is -1.72. The summed E-state index contributed by atoms with van der Waals surface area (Å²) in [5.74, 6) is 0.617. The Labute approximate surface area is 142 Å². The Bertz CT molecular complexity index is 688. The van der Waals surface area contributed by atoms with E-state index in [4.69, 9.17) is 25.8 Å². The van der Waals surface area contributed by atoms with E-state index in [1.54, 1.807) is 43.5 Å². The summed E-state index contributed by atoms with van der Waals surface area (Å²) >= 11 is 9.31. The van der Waals surface area contributed by atoms with E-state index in [1.165, 1.54) is 7.11 Å². The van der Waals surface area contributed by atoms with Crippen LogP contribution in [0.25, 0.3) is 0 Å². The fourth-order valence-electron chi connectivity index (χ4n) is 1.94. The lowest BCUT2D eigenvalue weighted by Gasteiger charge is -2.13. The Balaban J connectivity index is 2.16. The second-order valence-corrected chi connectivity index (χ2v) is 5.68. The lowest BCUT2D eigenvalue weighted by molar-refractivity contribution is 0.0470. The fourth-order valence-corrected chi connectivity index (χ4v) is 2.50. The summed E-state index contributed by atoms with van der Waals surface area (Å²) in [4.78, 5) is 12.1. The molecule has 0 atom stereocenters. The molecule has 2 aromatic carbocycles. The molecule has 0 N–H and O–H groups in total. The quantitative estimate of drug-likeness (QED) is 0.712. The van der Waals surface area contributed by atoms with Gasteiger partial charge in [-0.25, -0.2) is 4.79 Å². The van der Waals surface area contributed by atoms with E-state index in [9.17, 15) is 4.79 Å². The maximum absolute atomic E-state index is 12.1. The second-order valence-electron chi connectivity index (χ2n) is 4.35. The Morgan fingerprint density at radius 2 is 1.95 bits per heavy atom. The lowest BCUT2D eigenvalue weighted by Crippen LogP contribution is -2.07. The Kier molecular flexibility index (Phi) is 5.69. The average molecular weight is 386 g/mol. The van der Waals surface area contributed by atoms with Crippen LogP contribution in [0, 0.1) is 0 Å². The topological polar surface area (TPSA) is 44.8 Å². The third-order valence-corrected chi connectivity index (χ3v) is 3.81. The second kappa shape index (κ2) is 7.51. The number of carbonyl (C=O) groups excluding carboxylic acids is 1. The van der Waals surface area contributed by atoms with Gasteiger partial charge in [0.15, 0.2) is 11.5 Å². The highest BCUT2D eigenvalue weighted by Gasteiger charge is 2.15. The smallest absolute Gasteiger partial charge is 0.340 e. The molecule has 0 aliphatic heterocycles. The molecule has 0 radical (unpaired) electrons. The zero-order valence-corrected chi connectivity index (χ0v) is 14.4. The third-order valence-electron chi connectivity index (χ3n) is 2.99. The highest BCUT2D eigenvalue weighted by molar-refractivity contribution is 9.10. The molecule has 22 heavy (non-hydrogen) atoms. The normalized spacial score (nSPS) is 10.2. The Morgan fingerprint density at radius 3 is 2.64 bits per heavy atom. The Morgan fingerprint density at radius 1 is 1.18 bits per heavy atom. The largest absolute Gasteiger partial charge is 0.493 e. The van der Waals surface area contributed by atoms with Gasteiger partial charge in [-0.1, -0.05) is 39.7 Å². The molecule has 0 aliphatic rings. The maximum Gasteiger partial charge on any atom is 0.340 e. The summed E-state index contributed by atoms with van der Waals surface area (Å²) in [6.45, 7) is 0.0576. The van der Waals surface area contributed by atoms with E-state index in [-0.39, 0.29) is 6.61 Å². The van der Waals surface area contributed by atoms with Crippen LogP contribution in [0.4, 0.5) is 0 Å². The van der Waals surface area contributed by atoms with Gasteiger partial charge in [0.25, 0.3) is 0 Å². The molecule has 2 aromatic rings. The van der Waals surface area contributed by atoms with Gasteiger partial charge in [-0.15, -0.1) is 0 Å². The van der Waals surface area contributed by atoms with Crippen LogP contribution in [-0.2, 0) is 11.3 Å². The van der Waals surface area contributed by atoms with E-state index in [0.29, 0.717) is 27.6 Å². The summed E-state index contributed by atoms with van der Waals surface area (Å²) in [7, 11) is 3.09. The summed E-state index contributed by atoms with van der Waals surface area (Å²) in [5, 5.41) is 0.339. The molecule has 0 saturated carbocycles. The van der Waals surface area contributed by atoms with Gasteiger partial charge in [0.2, 0.25) is 0 Å². The van der Waals surface area contributed by atoms with Gasteiger partial charge in [-0.3, -0.25) is 0 Å². The van der Waals surface area contributed by atoms with Crippen molar-refractivity contribution in [3.63, 3.8) is 0 Å².